The fraction of sp³-hybridized carbons (Fsp3) is 0.538. The second-order valence-electron chi connectivity index (χ2n) is 4.70. The van der Waals surface area contributed by atoms with Crippen molar-refractivity contribution in [2.24, 2.45) is 5.92 Å². The summed E-state index contributed by atoms with van der Waals surface area (Å²) < 4.78 is 37.3. The smallest absolute Gasteiger partial charge is 0.381 e. The molecule has 0 aliphatic heterocycles. The Morgan fingerprint density at radius 1 is 1.22 bits per heavy atom. The van der Waals surface area contributed by atoms with E-state index in [4.69, 9.17) is 0 Å². The van der Waals surface area contributed by atoms with Crippen molar-refractivity contribution in [1.29, 1.82) is 0 Å². The Bertz CT molecular complexity index is 405. The molecule has 5 heteroatoms. The lowest BCUT2D eigenvalue weighted by molar-refractivity contribution is -0.0327. The minimum atomic E-state index is -4.24. The van der Waals surface area contributed by atoms with Gasteiger partial charge < -0.3 is 5.32 Å². The highest BCUT2D eigenvalue weighted by Crippen LogP contribution is 2.41. The maximum atomic E-state index is 12.4. The van der Waals surface area contributed by atoms with E-state index >= 15 is 0 Å². The Morgan fingerprint density at radius 3 is 2.56 bits per heavy atom. The van der Waals surface area contributed by atoms with Gasteiger partial charge in [-0.05, 0) is 42.7 Å². The van der Waals surface area contributed by atoms with Crippen molar-refractivity contribution >= 4 is 17.4 Å². The van der Waals surface area contributed by atoms with Gasteiger partial charge in [0.2, 0.25) is 0 Å². The predicted molar refractivity (Wildman–Crippen MR) is 68.8 cm³/mol. The van der Waals surface area contributed by atoms with Crippen molar-refractivity contribution < 1.29 is 13.2 Å². The van der Waals surface area contributed by atoms with Crippen LogP contribution in [0.4, 0.5) is 18.9 Å². The zero-order chi connectivity index (χ0) is 13.2. The number of nitrogens with one attached hydrogen (secondary N) is 1. The lowest BCUT2D eigenvalue weighted by atomic mass is 10.1. The first-order valence-corrected chi connectivity index (χ1v) is 6.88. The first kappa shape index (κ1) is 13.6. The number of anilines is 1. The number of hydrogen-bond donors (Lipinski definition) is 1. The highest BCUT2D eigenvalue weighted by molar-refractivity contribution is 8.00. The molecule has 0 bridgehead atoms. The molecule has 2 rings (SSSR count). The van der Waals surface area contributed by atoms with Crippen molar-refractivity contribution in [3.05, 3.63) is 24.3 Å². The molecule has 2 atom stereocenters. The number of benzene rings is 1. The minimum Gasteiger partial charge on any atom is -0.381 e. The largest absolute Gasteiger partial charge is 0.446 e. The topological polar surface area (TPSA) is 12.0 Å². The maximum absolute atomic E-state index is 12.4. The maximum Gasteiger partial charge on any atom is 0.446 e. The van der Waals surface area contributed by atoms with E-state index in [2.05, 4.69) is 12.2 Å². The van der Waals surface area contributed by atoms with Gasteiger partial charge in [-0.2, -0.15) is 13.2 Å². The molecular weight excluding hydrogens is 259 g/mol. The Morgan fingerprint density at radius 2 is 1.94 bits per heavy atom. The lowest BCUT2D eigenvalue weighted by Gasteiger charge is -2.21. The van der Waals surface area contributed by atoms with Gasteiger partial charge in [-0.15, -0.1) is 0 Å². The van der Waals surface area contributed by atoms with Crippen LogP contribution in [0.25, 0.3) is 0 Å². The number of para-hydroxylation sites is 1. The Balaban J connectivity index is 2.12. The Kier molecular flexibility index (Phi) is 4.10. The van der Waals surface area contributed by atoms with Crippen LogP contribution < -0.4 is 5.32 Å². The second-order valence-corrected chi connectivity index (χ2v) is 5.81. The number of halogens is 3. The quantitative estimate of drug-likeness (QED) is 0.787. The van der Waals surface area contributed by atoms with E-state index in [-0.39, 0.29) is 16.7 Å². The van der Waals surface area contributed by atoms with E-state index in [9.17, 15) is 13.2 Å². The monoisotopic (exact) mass is 275 g/mol. The van der Waals surface area contributed by atoms with E-state index in [1.165, 1.54) is 6.07 Å². The molecular formula is C13H16F3NS. The fourth-order valence-corrected chi connectivity index (χ4v) is 2.99. The van der Waals surface area contributed by atoms with Crippen molar-refractivity contribution in [3.8, 4) is 0 Å². The zero-order valence-corrected chi connectivity index (χ0v) is 10.9. The fourth-order valence-electron chi connectivity index (χ4n) is 2.36. The van der Waals surface area contributed by atoms with Gasteiger partial charge >= 0.3 is 5.51 Å². The molecule has 0 radical (unpaired) electrons. The Hall–Kier alpha value is -0.840. The minimum absolute atomic E-state index is 0.0505. The van der Waals surface area contributed by atoms with Crippen LogP contribution in [-0.2, 0) is 0 Å². The van der Waals surface area contributed by atoms with Crippen LogP contribution in [0.3, 0.4) is 0 Å². The molecule has 1 saturated carbocycles. The third kappa shape index (κ3) is 3.57. The van der Waals surface area contributed by atoms with Crippen LogP contribution >= 0.6 is 11.8 Å². The van der Waals surface area contributed by atoms with Crippen LogP contribution in [0.2, 0.25) is 0 Å². The molecule has 0 aromatic heterocycles. The molecule has 1 nitrogen and oxygen atoms in total. The molecule has 1 aromatic carbocycles. The van der Waals surface area contributed by atoms with Crippen LogP contribution in [0.5, 0.6) is 0 Å². The van der Waals surface area contributed by atoms with Gasteiger partial charge in [-0.3, -0.25) is 0 Å². The third-order valence-electron chi connectivity index (χ3n) is 3.32. The summed E-state index contributed by atoms with van der Waals surface area (Å²) in [5, 5.41) is 3.26. The molecule has 1 N–H and O–H groups in total. The molecule has 0 amide bonds. The van der Waals surface area contributed by atoms with Gasteiger partial charge in [0.05, 0.1) is 0 Å². The molecule has 2 unspecified atom stereocenters. The van der Waals surface area contributed by atoms with E-state index in [0.29, 0.717) is 17.6 Å². The molecule has 1 aliphatic rings. The summed E-state index contributed by atoms with van der Waals surface area (Å²) in [6.45, 7) is 2.14. The summed E-state index contributed by atoms with van der Waals surface area (Å²) in [6.07, 6.45) is 3.33. The number of rotatable bonds is 3. The van der Waals surface area contributed by atoms with Gasteiger partial charge in [0.25, 0.3) is 0 Å². The Labute approximate surface area is 109 Å². The summed E-state index contributed by atoms with van der Waals surface area (Å²) >= 11 is -0.0505. The molecule has 100 valence electrons. The molecule has 0 spiro atoms. The van der Waals surface area contributed by atoms with Gasteiger partial charge in [0.15, 0.2) is 0 Å². The van der Waals surface area contributed by atoms with Crippen molar-refractivity contribution in [3.63, 3.8) is 0 Å². The highest BCUT2D eigenvalue weighted by Gasteiger charge is 2.31. The molecule has 1 aromatic rings. The predicted octanol–water partition coefficient (Wildman–Crippen LogP) is 4.90. The van der Waals surface area contributed by atoms with Crippen LogP contribution in [0, 0.1) is 5.92 Å². The van der Waals surface area contributed by atoms with Gasteiger partial charge in [0, 0.05) is 16.6 Å². The standard InChI is InChI=1S/C13H16F3NS/c1-9-5-4-7-10(9)17-11-6-2-3-8-12(11)18-13(14,15)16/h2-3,6,8-10,17H,4-5,7H2,1H3. The lowest BCUT2D eigenvalue weighted by Crippen LogP contribution is -2.22. The first-order chi connectivity index (χ1) is 8.46. The van der Waals surface area contributed by atoms with Crippen molar-refractivity contribution in [2.45, 2.75) is 42.6 Å². The van der Waals surface area contributed by atoms with E-state index < -0.39 is 5.51 Å². The average Bonchev–Trinajstić information content (AvgIpc) is 2.65. The number of thioether (sulfide) groups is 1. The van der Waals surface area contributed by atoms with Gasteiger partial charge in [0.1, 0.15) is 0 Å². The SMILES string of the molecule is CC1CCCC1Nc1ccccc1SC(F)(F)F. The van der Waals surface area contributed by atoms with E-state index in [1.54, 1.807) is 18.2 Å². The number of hydrogen-bond acceptors (Lipinski definition) is 2. The molecule has 1 aliphatic carbocycles. The normalized spacial score (nSPS) is 24.2. The number of alkyl halides is 3. The summed E-state index contributed by atoms with van der Waals surface area (Å²) in [5.41, 5.74) is -3.64. The molecule has 1 fully saturated rings. The van der Waals surface area contributed by atoms with Crippen LogP contribution in [0.15, 0.2) is 29.2 Å². The van der Waals surface area contributed by atoms with Gasteiger partial charge in [-0.25, -0.2) is 0 Å². The van der Waals surface area contributed by atoms with Crippen molar-refractivity contribution in [2.75, 3.05) is 5.32 Å². The first-order valence-electron chi connectivity index (χ1n) is 6.07. The summed E-state index contributed by atoms with van der Waals surface area (Å²) in [4.78, 5) is 0.254. The van der Waals surface area contributed by atoms with E-state index in [0.717, 1.165) is 19.3 Å². The molecule has 0 heterocycles. The summed E-state index contributed by atoms with van der Waals surface area (Å²) in [5.74, 6) is 0.522. The van der Waals surface area contributed by atoms with Gasteiger partial charge in [-0.1, -0.05) is 25.5 Å². The highest BCUT2D eigenvalue weighted by atomic mass is 32.2. The molecule has 0 saturated heterocycles. The summed E-state index contributed by atoms with van der Waals surface area (Å²) in [7, 11) is 0. The molecule has 18 heavy (non-hydrogen) atoms. The average molecular weight is 275 g/mol. The zero-order valence-electron chi connectivity index (χ0n) is 10.1. The second kappa shape index (κ2) is 5.43. The van der Waals surface area contributed by atoms with E-state index in [1.807, 2.05) is 0 Å². The van der Waals surface area contributed by atoms with Crippen LogP contribution in [-0.4, -0.2) is 11.6 Å². The summed E-state index contributed by atoms with van der Waals surface area (Å²) in [6, 6.07) is 6.93. The van der Waals surface area contributed by atoms with Crippen molar-refractivity contribution in [1.82, 2.24) is 0 Å². The van der Waals surface area contributed by atoms with Crippen LogP contribution in [0.1, 0.15) is 26.2 Å². The third-order valence-corrected chi connectivity index (χ3v) is 4.12.